The molecular weight excluding hydrogens is 265 g/mol. The van der Waals surface area contributed by atoms with E-state index in [2.05, 4.69) is 15.9 Å². The standard InChI is InChI=1S/C10H7BrFNO2/c11-5-7-3-6-1-2-13(10(14)15)9(6)4-8(7)12/h1-4H,5H2,(H,14,15). The molecule has 0 aliphatic carbocycles. The summed E-state index contributed by atoms with van der Waals surface area (Å²) in [5.41, 5.74) is 0.885. The number of fused-ring (bicyclic) bond motifs is 1. The number of hydrogen-bond donors (Lipinski definition) is 1. The summed E-state index contributed by atoms with van der Waals surface area (Å²) in [6.07, 6.45) is 0.292. The van der Waals surface area contributed by atoms with Crippen molar-refractivity contribution in [3.8, 4) is 0 Å². The molecule has 1 heterocycles. The van der Waals surface area contributed by atoms with E-state index in [9.17, 15) is 9.18 Å². The maximum atomic E-state index is 13.4. The molecule has 1 aromatic heterocycles. The average Bonchev–Trinajstić information content (AvgIpc) is 2.59. The molecule has 0 atom stereocenters. The maximum absolute atomic E-state index is 13.4. The van der Waals surface area contributed by atoms with Crippen LogP contribution in [0.25, 0.3) is 10.9 Å². The van der Waals surface area contributed by atoms with E-state index >= 15 is 0 Å². The first-order valence-electron chi connectivity index (χ1n) is 4.22. The van der Waals surface area contributed by atoms with Gasteiger partial charge in [0.15, 0.2) is 0 Å². The first kappa shape index (κ1) is 10.2. The highest BCUT2D eigenvalue weighted by Crippen LogP contribution is 2.22. The first-order valence-corrected chi connectivity index (χ1v) is 5.34. The third-order valence-electron chi connectivity index (χ3n) is 2.21. The van der Waals surface area contributed by atoms with E-state index in [1.807, 2.05) is 0 Å². The molecule has 0 saturated heterocycles. The Hall–Kier alpha value is -1.36. The molecule has 0 amide bonds. The molecule has 0 aliphatic heterocycles. The maximum Gasteiger partial charge on any atom is 0.416 e. The summed E-state index contributed by atoms with van der Waals surface area (Å²) >= 11 is 3.17. The fourth-order valence-electron chi connectivity index (χ4n) is 1.47. The topological polar surface area (TPSA) is 42.2 Å². The second-order valence-electron chi connectivity index (χ2n) is 3.10. The number of benzene rings is 1. The molecule has 2 aromatic rings. The molecule has 0 bridgehead atoms. The molecule has 1 aromatic carbocycles. The van der Waals surface area contributed by atoms with E-state index in [4.69, 9.17) is 5.11 Å². The van der Waals surface area contributed by atoms with E-state index in [-0.39, 0.29) is 0 Å². The number of hydrogen-bond acceptors (Lipinski definition) is 1. The fraction of sp³-hybridized carbons (Fsp3) is 0.100. The number of rotatable bonds is 1. The summed E-state index contributed by atoms with van der Waals surface area (Å²) < 4.78 is 14.4. The normalized spacial score (nSPS) is 10.8. The Kier molecular flexibility index (Phi) is 2.48. The average molecular weight is 272 g/mol. The Balaban J connectivity index is 2.73. The lowest BCUT2D eigenvalue weighted by Crippen LogP contribution is -2.05. The Labute approximate surface area is 93.3 Å². The first-order chi connectivity index (χ1) is 7.13. The van der Waals surface area contributed by atoms with Crippen LogP contribution in [0.4, 0.5) is 9.18 Å². The van der Waals surface area contributed by atoms with Crippen molar-refractivity contribution < 1.29 is 14.3 Å². The minimum absolute atomic E-state index is 0.365. The van der Waals surface area contributed by atoms with Gasteiger partial charge in [-0.25, -0.2) is 9.18 Å². The number of halogens is 2. The zero-order chi connectivity index (χ0) is 11.0. The van der Waals surface area contributed by atoms with Gasteiger partial charge in [0.2, 0.25) is 0 Å². The van der Waals surface area contributed by atoms with Crippen LogP contribution in [0, 0.1) is 5.82 Å². The fourth-order valence-corrected chi connectivity index (χ4v) is 1.90. The number of aromatic nitrogens is 1. The summed E-state index contributed by atoms with van der Waals surface area (Å²) in [7, 11) is 0. The van der Waals surface area contributed by atoms with Crippen molar-refractivity contribution in [1.29, 1.82) is 0 Å². The van der Waals surface area contributed by atoms with E-state index in [1.54, 1.807) is 12.1 Å². The lowest BCUT2D eigenvalue weighted by molar-refractivity contribution is 0.197. The molecule has 2 rings (SSSR count). The van der Waals surface area contributed by atoms with Gasteiger partial charge in [0.05, 0.1) is 5.52 Å². The molecule has 0 radical (unpaired) electrons. The molecule has 0 saturated carbocycles. The minimum atomic E-state index is -1.11. The SMILES string of the molecule is O=C(O)n1ccc2cc(CBr)c(F)cc21. The van der Waals surface area contributed by atoms with Crippen molar-refractivity contribution in [2.45, 2.75) is 5.33 Å². The van der Waals surface area contributed by atoms with Crippen LogP contribution >= 0.6 is 15.9 Å². The smallest absolute Gasteiger partial charge is 0.416 e. The molecule has 0 aliphatic rings. The van der Waals surface area contributed by atoms with Gasteiger partial charge in [-0.2, -0.15) is 0 Å². The largest absolute Gasteiger partial charge is 0.464 e. The summed E-state index contributed by atoms with van der Waals surface area (Å²) in [4.78, 5) is 10.8. The molecule has 15 heavy (non-hydrogen) atoms. The summed E-state index contributed by atoms with van der Waals surface area (Å²) in [5.74, 6) is -0.402. The predicted octanol–water partition coefficient (Wildman–Crippen LogP) is 3.20. The number of nitrogens with zero attached hydrogens (tertiary/aromatic N) is 1. The van der Waals surface area contributed by atoms with Gasteiger partial charge in [-0.15, -0.1) is 0 Å². The van der Waals surface area contributed by atoms with Crippen molar-refractivity contribution in [2.75, 3.05) is 0 Å². The van der Waals surface area contributed by atoms with E-state index in [0.29, 0.717) is 21.8 Å². The van der Waals surface area contributed by atoms with Gasteiger partial charge in [0.1, 0.15) is 5.82 Å². The Morgan fingerprint density at radius 1 is 1.53 bits per heavy atom. The zero-order valence-electron chi connectivity index (χ0n) is 7.58. The highest BCUT2D eigenvalue weighted by atomic mass is 79.9. The monoisotopic (exact) mass is 271 g/mol. The lowest BCUT2D eigenvalue weighted by Gasteiger charge is -2.01. The molecule has 0 fully saturated rings. The van der Waals surface area contributed by atoms with Crippen molar-refractivity contribution in [3.63, 3.8) is 0 Å². The van der Waals surface area contributed by atoms with Gasteiger partial charge in [-0.3, -0.25) is 4.57 Å². The van der Waals surface area contributed by atoms with Gasteiger partial charge in [-0.05, 0) is 23.8 Å². The highest BCUT2D eigenvalue weighted by Gasteiger charge is 2.10. The van der Waals surface area contributed by atoms with Gasteiger partial charge in [-0.1, -0.05) is 15.9 Å². The second-order valence-corrected chi connectivity index (χ2v) is 3.67. The van der Waals surface area contributed by atoms with Crippen molar-refractivity contribution in [3.05, 3.63) is 35.8 Å². The van der Waals surface area contributed by atoms with Gasteiger partial charge in [0.25, 0.3) is 0 Å². The van der Waals surface area contributed by atoms with Crippen LogP contribution in [-0.2, 0) is 5.33 Å². The Morgan fingerprint density at radius 3 is 2.87 bits per heavy atom. The molecule has 3 nitrogen and oxygen atoms in total. The predicted molar refractivity (Wildman–Crippen MR) is 57.9 cm³/mol. The van der Waals surface area contributed by atoms with E-state index in [1.165, 1.54) is 12.3 Å². The Morgan fingerprint density at radius 2 is 2.27 bits per heavy atom. The van der Waals surface area contributed by atoms with Crippen LogP contribution in [0.1, 0.15) is 5.56 Å². The quantitative estimate of drug-likeness (QED) is 0.810. The third kappa shape index (κ3) is 1.63. The van der Waals surface area contributed by atoms with Crippen LogP contribution in [0.5, 0.6) is 0 Å². The van der Waals surface area contributed by atoms with Crippen LogP contribution in [0.2, 0.25) is 0 Å². The van der Waals surface area contributed by atoms with E-state index in [0.717, 1.165) is 4.57 Å². The van der Waals surface area contributed by atoms with Gasteiger partial charge in [0, 0.05) is 16.9 Å². The van der Waals surface area contributed by atoms with Gasteiger partial charge < -0.3 is 5.11 Å². The summed E-state index contributed by atoms with van der Waals surface area (Å²) in [6, 6.07) is 4.52. The Bertz CT molecular complexity index is 535. The number of carboxylic acid groups (broad SMARTS) is 1. The van der Waals surface area contributed by atoms with Gasteiger partial charge >= 0.3 is 6.09 Å². The van der Waals surface area contributed by atoms with Crippen LogP contribution in [0.15, 0.2) is 24.4 Å². The lowest BCUT2D eigenvalue weighted by atomic mass is 10.2. The highest BCUT2D eigenvalue weighted by molar-refractivity contribution is 9.08. The summed E-state index contributed by atoms with van der Waals surface area (Å²) in [5, 5.41) is 9.95. The van der Waals surface area contributed by atoms with Crippen molar-refractivity contribution >= 4 is 32.9 Å². The van der Waals surface area contributed by atoms with Crippen LogP contribution < -0.4 is 0 Å². The molecule has 0 unspecified atom stereocenters. The minimum Gasteiger partial charge on any atom is -0.464 e. The molecular formula is C10H7BrFNO2. The molecule has 1 N–H and O–H groups in total. The second kappa shape index (κ2) is 3.66. The third-order valence-corrected chi connectivity index (χ3v) is 2.81. The molecule has 5 heteroatoms. The number of carbonyl (C=O) groups is 1. The summed E-state index contributed by atoms with van der Waals surface area (Å²) in [6.45, 7) is 0. The zero-order valence-corrected chi connectivity index (χ0v) is 9.16. The van der Waals surface area contributed by atoms with E-state index < -0.39 is 11.9 Å². The van der Waals surface area contributed by atoms with Crippen molar-refractivity contribution in [1.82, 2.24) is 4.57 Å². The number of alkyl halides is 1. The van der Waals surface area contributed by atoms with Crippen molar-refractivity contribution in [2.24, 2.45) is 0 Å². The van der Waals surface area contributed by atoms with Crippen LogP contribution in [0.3, 0.4) is 0 Å². The van der Waals surface area contributed by atoms with Crippen LogP contribution in [-0.4, -0.2) is 15.8 Å². The molecule has 0 spiro atoms. The molecule has 78 valence electrons.